The molecule has 128 valence electrons. The molecule has 0 radical (unpaired) electrons. The lowest BCUT2D eigenvalue weighted by Gasteiger charge is -2.32. The zero-order valence-electron chi connectivity index (χ0n) is 13.9. The smallest absolute Gasteiger partial charge is 0.292 e. The molecule has 0 bridgehead atoms. The number of fused-ring (bicyclic) bond motifs is 1. The predicted molar refractivity (Wildman–Crippen MR) is 89.1 cm³/mol. The van der Waals surface area contributed by atoms with Crippen LogP contribution in [0.4, 0.5) is 11.4 Å². The summed E-state index contributed by atoms with van der Waals surface area (Å²) in [7, 11) is 3.46. The quantitative estimate of drug-likeness (QED) is 0.480. The summed E-state index contributed by atoms with van der Waals surface area (Å²) in [4.78, 5) is 38.0. The molecule has 7 nitrogen and oxygen atoms in total. The molecule has 0 N–H and O–H groups in total. The van der Waals surface area contributed by atoms with Gasteiger partial charge in [0, 0.05) is 44.2 Å². The summed E-state index contributed by atoms with van der Waals surface area (Å²) in [5.41, 5.74) is 1.74. The Bertz CT molecular complexity index is 693. The third-order valence-electron chi connectivity index (χ3n) is 5.09. The number of nitro groups is 1. The summed E-state index contributed by atoms with van der Waals surface area (Å²) in [6.07, 6.45) is 4.23. The van der Waals surface area contributed by atoms with Crippen molar-refractivity contribution in [1.82, 2.24) is 4.90 Å². The molecule has 1 aromatic carbocycles. The van der Waals surface area contributed by atoms with E-state index in [9.17, 15) is 19.7 Å². The average molecular weight is 331 g/mol. The molecule has 1 aromatic rings. The van der Waals surface area contributed by atoms with Crippen LogP contribution in [-0.4, -0.2) is 42.2 Å². The van der Waals surface area contributed by atoms with Crippen molar-refractivity contribution < 1.29 is 14.5 Å². The minimum atomic E-state index is -0.405. The topological polar surface area (TPSA) is 83.8 Å². The molecule has 0 saturated heterocycles. The van der Waals surface area contributed by atoms with E-state index >= 15 is 0 Å². The van der Waals surface area contributed by atoms with Crippen LogP contribution in [0.3, 0.4) is 0 Å². The van der Waals surface area contributed by atoms with Crippen LogP contribution in [0, 0.1) is 16.0 Å². The SMILES string of the molecule is CN(C)c1cc2c(cc1[N+](=O)[O-])CN(C1CCC(C=O)CC1)C2=O. The summed E-state index contributed by atoms with van der Waals surface area (Å²) in [5.74, 6) is 0.0420. The average Bonchev–Trinajstić information content (AvgIpc) is 2.90. The van der Waals surface area contributed by atoms with Gasteiger partial charge in [0.25, 0.3) is 11.6 Å². The van der Waals surface area contributed by atoms with Crippen molar-refractivity contribution in [3.8, 4) is 0 Å². The van der Waals surface area contributed by atoms with E-state index in [-0.39, 0.29) is 23.6 Å². The van der Waals surface area contributed by atoms with E-state index in [4.69, 9.17) is 0 Å². The van der Waals surface area contributed by atoms with Crippen LogP contribution in [0.1, 0.15) is 41.6 Å². The molecule has 1 amide bonds. The first-order chi connectivity index (χ1) is 11.4. The lowest BCUT2D eigenvalue weighted by molar-refractivity contribution is -0.384. The number of nitro benzene ring substituents is 1. The Balaban J connectivity index is 1.87. The Kier molecular flexibility index (Phi) is 4.26. The first-order valence-electron chi connectivity index (χ1n) is 8.17. The van der Waals surface area contributed by atoms with Crippen LogP contribution in [-0.2, 0) is 11.3 Å². The van der Waals surface area contributed by atoms with Crippen LogP contribution in [0.15, 0.2) is 12.1 Å². The van der Waals surface area contributed by atoms with Gasteiger partial charge in [-0.05, 0) is 37.3 Å². The molecule has 0 spiro atoms. The van der Waals surface area contributed by atoms with Crippen LogP contribution in [0.25, 0.3) is 0 Å². The molecular formula is C17H21N3O4. The van der Waals surface area contributed by atoms with Gasteiger partial charge >= 0.3 is 0 Å². The molecular weight excluding hydrogens is 310 g/mol. The zero-order valence-corrected chi connectivity index (χ0v) is 13.9. The van der Waals surface area contributed by atoms with Gasteiger partial charge < -0.3 is 14.6 Å². The highest BCUT2D eigenvalue weighted by Gasteiger charge is 2.36. The summed E-state index contributed by atoms with van der Waals surface area (Å²) in [6, 6.07) is 3.27. The van der Waals surface area contributed by atoms with Crippen molar-refractivity contribution in [3.05, 3.63) is 33.4 Å². The molecule has 2 aliphatic rings. The molecule has 1 aliphatic carbocycles. The van der Waals surface area contributed by atoms with Gasteiger partial charge in [0.1, 0.15) is 12.0 Å². The number of benzene rings is 1. The number of carbonyl (C=O) groups is 2. The van der Waals surface area contributed by atoms with Crippen LogP contribution < -0.4 is 4.90 Å². The summed E-state index contributed by atoms with van der Waals surface area (Å²) in [5, 5.41) is 11.3. The summed E-state index contributed by atoms with van der Waals surface area (Å²) in [6.45, 7) is 0.416. The zero-order chi connectivity index (χ0) is 17.4. The van der Waals surface area contributed by atoms with E-state index in [1.54, 1.807) is 25.1 Å². The lowest BCUT2D eigenvalue weighted by atomic mass is 9.86. The number of hydrogen-bond acceptors (Lipinski definition) is 5. The Morgan fingerprint density at radius 3 is 2.46 bits per heavy atom. The monoisotopic (exact) mass is 331 g/mol. The van der Waals surface area contributed by atoms with Gasteiger partial charge in [0.05, 0.1) is 4.92 Å². The molecule has 1 heterocycles. The van der Waals surface area contributed by atoms with E-state index in [0.717, 1.165) is 37.5 Å². The minimum absolute atomic E-state index is 0.0260. The van der Waals surface area contributed by atoms with Gasteiger partial charge in [0.15, 0.2) is 0 Å². The Morgan fingerprint density at radius 2 is 1.92 bits per heavy atom. The lowest BCUT2D eigenvalue weighted by Crippen LogP contribution is -2.38. The standard InChI is InChI=1S/C17H21N3O4/c1-18(2)15-8-14-12(7-16(15)20(23)24)9-19(17(14)22)13-5-3-11(10-21)4-6-13/h7-8,10-11,13H,3-6,9H2,1-2H3. The number of hydrogen-bond donors (Lipinski definition) is 0. The molecule has 24 heavy (non-hydrogen) atoms. The second-order valence-corrected chi connectivity index (χ2v) is 6.79. The van der Waals surface area contributed by atoms with E-state index in [1.807, 2.05) is 4.90 Å². The molecule has 7 heteroatoms. The highest BCUT2D eigenvalue weighted by Crippen LogP contribution is 2.37. The fourth-order valence-corrected chi connectivity index (χ4v) is 3.71. The number of aldehydes is 1. The molecule has 3 rings (SSSR count). The van der Waals surface area contributed by atoms with Gasteiger partial charge in [0.2, 0.25) is 0 Å². The van der Waals surface area contributed by atoms with Gasteiger partial charge in [-0.25, -0.2) is 0 Å². The first kappa shape index (κ1) is 16.4. The fourth-order valence-electron chi connectivity index (χ4n) is 3.71. The van der Waals surface area contributed by atoms with Crippen LogP contribution in [0.2, 0.25) is 0 Å². The number of anilines is 1. The first-order valence-corrected chi connectivity index (χ1v) is 8.17. The van der Waals surface area contributed by atoms with Crippen molar-refractivity contribution in [2.45, 2.75) is 38.3 Å². The molecule has 0 aromatic heterocycles. The maximum atomic E-state index is 12.8. The van der Waals surface area contributed by atoms with E-state index in [2.05, 4.69) is 0 Å². The van der Waals surface area contributed by atoms with Crippen LogP contribution >= 0.6 is 0 Å². The minimum Gasteiger partial charge on any atom is -0.372 e. The molecule has 1 saturated carbocycles. The molecule has 0 atom stereocenters. The number of nitrogens with zero attached hydrogens (tertiary/aromatic N) is 3. The van der Waals surface area contributed by atoms with E-state index in [1.165, 1.54) is 6.07 Å². The molecule has 0 unspecified atom stereocenters. The second-order valence-electron chi connectivity index (χ2n) is 6.79. The van der Waals surface area contributed by atoms with E-state index in [0.29, 0.717) is 17.8 Å². The number of amides is 1. The Labute approximate surface area is 140 Å². The second kappa shape index (κ2) is 6.22. The third-order valence-corrected chi connectivity index (χ3v) is 5.09. The predicted octanol–water partition coefficient (Wildman–Crippen LogP) is 2.37. The normalized spacial score (nSPS) is 23.1. The highest BCUT2D eigenvalue weighted by atomic mass is 16.6. The highest BCUT2D eigenvalue weighted by molar-refractivity contribution is 6.00. The number of carbonyl (C=O) groups excluding carboxylic acids is 2. The van der Waals surface area contributed by atoms with E-state index < -0.39 is 4.92 Å². The maximum absolute atomic E-state index is 12.8. The van der Waals surface area contributed by atoms with Crippen molar-refractivity contribution in [1.29, 1.82) is 0 Å². The van der Waals surface area contributed by atoms with Gasteiger partial charge in [-0.1, -0.05) is 0 Å². The third kappa shape index (κ3) is 2.74. The van der Waals surface area contributed by atoms with Crippen molar-refractivity contribution in [2.24, 2.45) is 5.92 Å². The molecule has 1 fully saturated rings. The summed E-state index contributed by atoms with van der Waals surface area (Å²) < 4.78 is 0. The van der Waals surface area contributed by atoms with Crippen molar-refractivity contribution in [3.63, 3.8) is 0 Å². The van der Waals surface area contributed by atoms with Gasteiger partial charge in [-0.3, -0.25) is 14.9 Å². The largest absolute Gasteiger partial charge is 0.372 e. The number of rotatable bonds is 4. The van der Waals surface area contributed by atoms with Crippen LogP contribution in [0.5, 0.6) is 0 Å². The van der Waals surface area contributed by atoms with Gasteiger partial charge in [-0.2, -0.15) is 0 Å². The molecule has 1 aliphatic heterocycles. The maximum Gasteiger partial charge on any atom is 0.292 e. The van der Waals surface area contributed by atoms with Gasteiger partial charge in [-0.15, -0.1) is 0 Å². The van der Waals surface area contributed by atoms with Crippen molar-refractivity contribution in [2.75, 3.05) is 19.0 Å². The Hall–Kier alpha value is -2.44. The summed E-state index contributed by atoms with van der Waals surface area (Å²) >= 11 is 0. The fraction of sp³-hybridized carbons (Fsp3) is 0.529. The van der Waals surface area contributed by atoms with Crippen molar-refractivity contribution >= 4 is 23.6 Å². The Morgan fingerprint density at radius 1 is 1.25 bits per heavy atom.